The highest BCUT2D eigenvalue weighted by molar-refractivity contribution is 9.10. The fraction of sp³-hybridized carbons (Fsp3) is 0.462. The number of aromatic carboxylic acids is 1. The van der Waals surface area contributed by atoms with Gasteiger partial charge in [0.05, 0.1) is 22.7 Å². The van der Waals surface area contributed by atoms with Gasteiger partial charge < -0.3 is 9.84 Å². The molecule has 0 unspecified atom stereocenters. The van der Waals surface area contributed by atoms with Crippen molar-refractivity contribution >= 4 is 31.9 Å². The first kappa shape index (κ1) is 16.4. The van der Waals surface area contributed by atoms with E-state index in [0.29, 0.717) is 4.47 Å². The Balaban J connectivity index is 2.40. The van der Waals surface area contributed by atoms with Crippen LogP contribution in [0.2, 0.25) is 0 Å². The second-order valence-electron chi connectivity index (χ2n) is 5.03. The van der Waals surface area contributed by atoms with Gasteiger partial charge in [-0.1, -0.05) is 0 Å². The van der Waals surface area contributed by atoms with Crippen molar-refractivity contribution in [2.45, 2.75) is 31.0 Å². The average molecular weight is 378 g/mol. The molecule has 1 aromatic carbocycles. The third-order valence-corrected chi connectivity index (χ3v) is 5.71. The Morgan fingerprint density at radius 3 is 2.43 bits per heavy atom. The lowest BCUT2D eigenvalue weighted by atomic mass is 10.2. The second-order valence-corrected chi connectivity index (χ2v) is 7.82. The van der Waals surface area contributed by atoms with Crippen molar-refractivity contribution in [2.75, 3.05) is 13.1 Å². The Labute approximate surface area is 131 Å². The number of hydrogen-bond donors (Lipinski definition) is 1. The SMILES string of the molecule is C[C@@H]1CN(S(=O)(=O)c2ccc(Br)c(C(=O)O)c2)C[C@H](C)O1. The van der Waals surface area contributed by atoms with Gasteiger partial charge in [-0.25, -0.2) is 13.2 Å². The molecule has 0 aliphatic carbocycles. The zero-order valence-corrected chi connectivity index (χ0v) is 14.0. The summed E-state index contributed by atoms with van der Waals surface area (Å²) in [7, 11) is -3.73. The highest BCUT2D eigenvalue weighted by atomic mass is 79.9. The number of rotatable bonds is 3. The summed E-state index contributed by atoms with van der Waals surface area (Å²) in [5, 5.41) is 9.09. The smallest absolute Gasteiger partial charge is 0.336 e. The van der Waals surface area contributed by atoms with Gasteiger partial charge in [-0.3, -0.25) is 0 Å². The number of nitrogens with zero attached hydrogens (tertiary/aromatic N) is 1. The predicted molar refractivity (Wildman–Crippen MR) is 79.9 cm³/mol. The normalized spacial score (nSPS) is 24.0. The molecule has 1 aromatic rings. The Hall–Kier alpha value is -0.960. The summed E-state index contributed by atoms with van der Waals surface area (Å²) in [6.45, 7) is 4.13. The first-order valence-electron chi connectivity index (χ1n) is 6.40. The number of carboxylic acid groups (broad SMARTS) is 1. The minimum atomic E-state index is -3.73. The molecule has 1 saturated heterocycles. The number of hydrogen-bond acceptors (Lipinski definition) is 4. The van der Waals surface area contributed by atoms with E-state index in [1.54, 1.807) is 0 Å². The van der Waals surface area contributed by atoms with E-state index in [9.17, 15) is 13.2 Å². The van der Waals surface area contributed by atoms with Crippen molar-refractivity contribution in [2.24, 2.45) is 0 Å². The van der Waals surface area contributed by atoms with E-state index in [-0.39, 0.29) is 35.8 Å². The van der Waals surface area contributed by atoms with Gasteiger partial charge in [-0.05, 0) is 48.0 Å². The van der Waals surface area contributed by atoms with Crippen LogP contribution in [0.15, 0.2) is 27.6 Å². The van der Waals surface area contributed by atoms with E-state index in [1.807, 2.05) is 13.8 Å². The van der Waals surface area contributed by atoms with Crippen LogP contribution >= 0.6 is 15.9 Å². The van der Waals surface area contributed by atoms with Crippen LogP contribution in [0.5, 0.6) is 0 Å². The molecule has 1 fully saturated rings. The molecular formula is C13H16BrNO5S. The molecule has 2 rings (SSSR count). The predicted octanol–water partition coefficient (Wildman–Crippen LogP) is 1.95. The Morgan fingerprint density at radius 2 is 1.90 bits per heavy atom. The molecule has 0 radical (unpaired) electrons. The van der Waals surface area contributed by atoms with Crippen LogP contribution in [-0.4, -0.2) is 49.1 Å². The molecule has 116 valence electrons. The van der Waals surface area contributed by atoms with Crippen molar-refractivity contribution in [3.63, 3.8) is 0 Å². The Kier molecular flexibility index (Phi) is 4.72. The highest BCUT2D eigenvalue weighted by Crippen LogP contribution is 2.25. The lowest BCUT2D eigenvalue weighted by Gasteiger charge is -2.34. The van der Waals surface area contributed by atoms with Crippen molar-refractivity contribution in [1.29, 1.82) is 0 Å². The number of halogens is 1. The van der Waals surface area contributed by atoms with Gasteiger partial charge in [-0.15, -0.1) is 0 Å². The monoisotopic (exact) mass is 377 g/mol. The largest absolute Gasteiger partial charge is 0.478 e. The van der Waals surface area contributed by atoms with Crippen molar-refractivity contribution < 1.29 is 23.1 Å². The highest BCUT2D eigenvalue weighted by Gasteiger charge is 2.32. The first-order chi connectivity index (χ1) is 9.71. The molecular weight excluding hydrogens is 362 g/mol. The van der Waals surface area contributed by atoms with Gasteiger partial charge in [0.1, 0.15) is 0 Å². The maximum absolute atomic E-state index is 12.6. The topological polar surface area (TPSA) is 83.9 Å². The van der Waals surface area contributed by atoms with Gasteiger partial charge >= 0.3 is 5.97 Å². The lowest BCUT2D eigenvalue weighted by molar-refractivity contribution is -0.0440. The van der Waals surface area contributed by atoms with Crippen LogP contribution in [-0.2, 0) is 14.8 Å². The maximum atomic E-state index is 12.6. The number of ether oxygens (including phenoxy) is 1. The van der Waals surface area contributed by atoms with Gasteiger partial charge in [-0.2, -0.15) is 4.31 Å². The van der Waals surface area contributed by atoms with Gasteiger partial charge in [0.25, 0.3) is 0 Å². The summed E-state index contributed by atoms with van der Waals surface area (Å²) in [6.07, 6.45) is -0.393. The van der Waals surface area contributed by atoms with Crippen molar-refractivity contribution in [3.05, 3.63) is 28.2 Å². The molecule has 1 N–H and O–H groups in total. The fourth-order valence-electron chi connectivity index (χ4n) is 2.30. The summed E-state index contributed by atoms with van der Waals surface area (Å²) in [5.74, 6) is -1.18. The summed E-state index contributed by atoms with van der Waals surface area (Å²) in [4.78, 5) is 11.1. The molecule has 1 aliphatic rings. The minimum absolute atomic E-state index is 0.0237. The quantitative estimate of drug-likeness (QED) is 0.869. The molecule has 8 heteroatoms. The maximum Gasteiger partial charge on any atom is 0.336 e. The average Bonchev–Trinajstić information content (AvgIpc) is 2.37. The Bertz CT molecular complexity index is 651. The molecule has 0 aromatic heterocycles. The van der Waals surface area contributed by atoms with E-state index in [2.05, 4.69) is 15.9 Å². The summed E-state index contributed by atoms with van der Waals surface area (Å²) in [5.41, 5.74) is -0.0783. The fourth-order valence-corrected chi connectivity index (χ4v) is 4.34. The van der Waals surface area contributed by atoms with Crippen molar-refractivity contribution in [3.8, 4) is 0 Å². The second kappa shape index (κ2) is 6.04. The van der Waals surface area contributed by atoms with Crippen LogP contribution in [0, 0.1) is 0 Å². The third-order valence-electron chi connectivity index (χ3n) is 3.19. The number of carboxylic acids is 1. The lowest BCUT2D eigenvalue weighted by Crippen LogP contribution is -2.48. The summed E-state index contributed by atoms with van der Waals surface area (Å²) in [6, 6.07) is 4.01. The summed E-state index contributed by atoms with van der Waals surface area (Å²) >= 11 is 3.10. The van der Waals surface area contributed by atoms with E-state index < -0.39 is 16.0 Å². The van der Waals surface area contributed by atoms with Crippen molar-refractivity contribution in [1.82, 2.24) is 4.31 Å². The molecule has 1 heterocycles. The van der Waals surface area contributed by atoms with Crippen LogP contribution in [0.1, 0.15) is 24.2 Å². The van der Waals surface area contributed by atoms with Gasteiger partial charge in [0, 0.05) is 17.6 Å². The minimum Gasteiger partial charge on any atom is -0.478 e. The van der Waals surface area contributed by atoms with Crippen LogP contribution in [0.25, 0.3) is 0 Å². The molecule has 1 aliphatic heterocycles. The zero-order chi connectivity index (χ0) is 15.8. The Morgan fingerprint density at radius 1 is 1.33 bits per heavy atom. The zero-order valence-electron chi connectivity index (χ0n) is 11.6. The van der Waals surface area contributed by atoms with E-state index in [1.165, 1.54) is 22.5 Å². The van der Waals surface area contributed by atoms with Crippen LogP contribution in [0.3, 0.4) is 0 Å². The van der Waals surface area contributed by atoms with E-state index in [0.717, 1.165) is 0 Å². The standard InChI is InChI=1S/C13H16BrNO5S/c1-8-6-15(7-9(2)20-8)21(18,19)10-3-4-12(14)11(5-10)13(16)17/h3-5,8-9H,6-7H2,1-2H3,(H,16,17)/t8-,9+. The molecule has 21 heavy (non-hydrogen) atoms. The molecule has 6 nitrogen and oxygen atoms in total. The molecule has 0 amide bonds. The number of sulfonamides is 1. The third kappa shape index (κ3) is 3.45. The summed E-state index contributed by atoms with van der Waals surface area (Å²) < 4.78 is 32.5. The van der Waals surface area contributed by atoms with Gasteiger partial charge in [0.2, 0.25) is 10.0 Å². The van der Waals surface area contributed by atoms with E-state index >= 15 is 0 Å². The number of morpholine rings is 1. The molecule has 0 saturated carbocycles. The van der Waals surface area contributed by atoms with Crippen LogP contribution in [0.4, 0.5) is 0 Å². The molecule has 2 atom stereocenters. The van der Waals surface area contributed by atoms with Gasteiger partial charge in [0.15, 0.2) is 0 Å². The molecule has 0 spiro atoms. The van der Waals surface area contributed by atoms with Crippen LogP contribution < -0.4 is 0 Å². The number of benzene rings is 1. The molecule has 0 bridgehead atoms. The van der Waals surface area contributed by atoms with E-state index in [4.69, 9.17) is 9.84 Å². The first-order valence-corrected chi connectivity index (χ1v) is 8.63. The number of carbonyl (C=O) groups is 1.